The second kappa shape index (κ2) is 4.32. The first-order valence-electron chi connectivity index (χ1n) is 4.67. The topological polar surface area (TPSA) is 76.2 Å². The van der Waals surface area contributed by atoms with Crippen LogP contribution in [0, 0.1) is 0 Å². The van der Waals surface area contributed by atoms with Gasteiger partial charge >= 0.3 is 5.97 Å². The number of aromatic nitrogens is 1. The van der Waals surface area contributed by atoms with E-state index in [1.807, 2.05) is 23.6 Å². The lowest BCUT2D eigenvalue weighted by molar-refractivity contribution is -0.136. The van der Waals surface area contributed by atoms with Gasteiger partial charge in [0.05, 0.1) is 12.1 Å². The summed E-state index contributed by atoms with van der Waals surface area (Å²) in [6, 6.07) is 7.32. The van der Waals surface area contributed by atoms with E-state index < -0.39 is 5.97 Å². The standard InChI is InChI=1S/C11H10N2O2S/c12-11-13-9(6-16-11)8-3-1-2-7(4-8)5-10(14)15/h1-4,6H,5H2,(H2,12,13)(H,14,15). The van der Waals surface area contributed by atoms with Crippen molar-refractivity contribution in [3.8, 4) is 11.3 Å². The van der Waals surface area contributed by atoms with Gasteiger partial charge in [-0.3, -0.25) is 4.79 Å². The summed E-state index contributed by atoms with van der Waals surface area (Å²) in [7, 11) is 0. The van der Waals surface area contributed by atoms with Crippen molar-refractivity contribution >= 4 is 22.4 Å². The SMILES string of the molecule is Nc1nc(-c2cccc(CC(=O)O)c2)cs1. The number of nitrogens with zero attached hydrogens (tertiary/aromatic N) is 1. The molecule has 82 valence electrons. The molecule has 0 unspecified atom stereocenters. The second-order valence-corrected chi connectivity index (χ2v) is 4.23. The largest absolute Gasteiger partial charge is 0.481 e. The smallest absolute Gasteiger partial charge is 0.307 e. The number of benzene rings is 1. The minimum Gasteiger partial charge on any atom is -0.481 e. The lowest BCUT2D eigenvalue weighted by atomic mass is 10.1. The molecule has 1 aromatic heterocycles. The summed E-state index contributed by atoms with van der Waals surface area (Å²) in [4.78, 5) is 14.7. The molecule has 0 atom stereocenters. The Kier molecular flexibility index (Phi) is 2.87. The highest BCUT2D eigenvalue weighted by Gasteiger charge is 2.05. The Hall–Kier alpha value is -1.88. The molecule has 0 fully saturated rings. The molecule has 0 saturated heterocycles. The third-order valence-corrected chi connectivity index (χ3v) is 2.77. The average molecular weight is 234 g/mol. The summed E-state index contributed by atoms with van der Waals surface area (Å²) in [5, 5.41) is 11.1. The van der Waals surface area contributed by atoms with Crippen molar-refractivity contribution in [1.82, 2.24) is 4.98 Å². The van der Waals surface area contributed by atoms with Gasteiger partial charge < -0.3 is 10.8 Å². The van der Waals surface area contributed by atoms with Crippen molar-refractivity contribution in [2.45, 2.75) is 6.42 Å². The summed E-state index contributed by atoms with van der Waals surface area (Å²) in [6.07, 6.45) is 0.0213. The molecule has 0 aliphatic heterocycles. The number of anilines is 1. The predicted octanol–water partition coefficient (Wildman–Crippen LogP) is 2.02. The van der Waals surface area contributed by atoms with E-state index in [9.17, 15) is 4.79 Å². The molecular weight excluding hydrogens is 224 g/mol. The van der Waals surface area contributed by atoms with Gasteiger partial charge in [-0.25, -0.2) is 4.98 Å². The number of thiazole rings is 1. The van der Waals surface area contributed by atoms with E-state index in [4.69, 9.17) is 10.8 Å². The number of aliphatic carboxylic acids is 1. The summed E-state index contributed by atoms with van der Waals surface area (Å²) >= 11 is 1.37. The molecule has 0 saturated carbocycles. The fraction of sp³-hybridized carbons (Fsp3) is 0.0909. The Balaban J connectivity index is 2.32. The lowest BCUT2D eigenvalue weighted by Gasteiger charge is -2.00. The van der Waals surface area contributed by atoms with E-state index in [0.29, 0.717) is 5.13 Å². The first kappa shape index (κ1) is 10.6. The molecule has 2 rings (SSSR count). The van der Waals surface area contributed by atoms with Gasteiger partial charge in [-0.1, -0.05) is 18.2 Å². The molecule has 0 aliphatic rings. The van der Waals surface area contributed by atoms with Crippen molar-refractivity contribution < 1.29 is 9.90 Å². The number of nitrogens with two attached hydrogens (primary N) is 1. The lowest BCUT2D eigenvalue weighted by Crippen LogP contribution is -1.99. The molecule has 4 nitrogen and oxygen atoms in total. The van der Waals surface area contributed by atoms with E-state index in [1.165, 1.54) is 11.3 Å². The Morgan fingerprint density at radius 3 is 2.94 bits per heavy atom. The van der Waals surface area contributed by atoms with Crippen LogP contribution in [0.1, 0.15) is 5.56 Å². The highest BCUT2D eigenvalue weighted by molar-refractivity contribution is 7.13. The average Bonchev–Trinajstić information content (AvgIpc) is 2.64. The van der Waals surface area contributed by atoms with Crippen molar-refractivity contribution in [3.05, 3.63) is 35.2 Å². The Bertz CT molecular complexity index is 522. The Labute approximate surface area is 96.4 Å². The van der Waals surface area contributed by atoms with Gasteiger partial charge in [-0.05, 0) is 11.6 Å². The van der Waals surface area contributed by atoms with Gasteiger partial charge in [-0.2, -0.15) is 0 Å². The number of hydrogen-bond acceptors (Lipinski definition) is 4. The highest BCUT2D eigenvalue weighted by atomic mass is 32.1. The number of rotatable bonds is 3. The molecule has 0 radical (unpaired) electrons. The fourth-order valence-electron chi connectivity index (χ4n) is 1.44. The Morgan fingerprint density at radius 2 is 2.31 bits per heavy atom. The summed E-state index contributed by atoms with van der Waals surface area (Å²) < 4.78 is 0. The van der Waals surface area contributed by atoms with Crippen LogP contribution in [0.4, 0.5) is 5.13 Å². The van der Waals surface area contributed by atoms with Gasteiger partial charge in [0.2, 0.25) is 0 Å². The van der Waals surface area contributed by atoms with Crippen LogP contribution in [0.15, 0.2) is 29.6 Å². The molecule has 0 amide bonds. The van der Waals surface area contributed by atoms with E-state index in [1.54, 1.807) is 6.07 Å². The minimum atomic E-state index is -0.838. The van der Waals surface area contributed by atoms with Crippen molar-refractivity contribution in [3.63, 3.8) is 0 Å². The van der Waals surface area contributed by atoms with Gasteiger partial charge in [-0.15, -0.1) is 11.3 Å². The number of nitrogen functional groups attached to an aromatic ring is 1. The van der Waals surface area contributed by atoms with Crippen LogP contribution in [0.25, 0.3) is 11.3 Å². The van der Waals surface area contributed by atoms with Crippen LogP contribution in [-0.2, 0) is 11.2 Å². The minimum absolute atomic E-state index is 0.0213. The summed E-state index contributed by atoms with van der Waals surface area (Å²) in [6.45, 7) is 0. The monoisotopic (exact) mass is 234 g/mol. The van der Waals surface area contributed by atoms with Gasteiger partial charge in [0.15, 0.2) is 5.13 Å². The van der Waals surface area contributed by atoms with E-state index >= 15 is 0 Å². The number of carboxylic acids is 1. The van der Waals surface area contributed by atoms with Crippen LogP contribution in [-0.4, -0.2) is 16.1 Å². The Morgan fingerprint density at radius 1 is 1.50 bits per heavy atom. The van der Waals surface area contributed by atoms with Crippen LogP contribution in [0.3, 0.4) is 0 Å². The molecule has 16 heavy (non-hydrogen) atoms. The van der Waals surface area contributed by atoms with E-state index in [2.05, 4.69) is 4.98 Å². The zero-order chi connectivity index (χ0) is 11.5. The third-order valence-electron chi connectivity index (χ3n) is 2.10. The van der Waals surface area contributed by atoms with Gasteiger partial charge in [0, 0.05) is 10.9 Å². The third kappa shape index (κ3) is 2.38. The van der Waals surface area contributed by atoms with Crippen molar-refractivity contribution in [1.29, 1.82) is 0 Å². The number of hydrogen-bond donors (Lipinski definition) is 2. The molecule has 0 spiro atoms. The van der Waals surface area contributed by atoms with Crippen LogP contribution >= 0.6 is 11.3 Å². The van der Waals surface area contributed by atoms with Gasteiger partial charge in [0.1, 0.15) is 0 Å². The first-order valence-corrected chi connectivity index (χ1v) is 5.55. The second-order valence-electron chi connectivity index (χ2n) is 3.34. The maximum absolute atomic E-state index is 10.6. The first-order chi connectivity index (χ1) is 7.65. The normalized spacial score (nSPS) is 10.2. The molecular formula is C11H10N2O2S. The maximum atomic E-state index is 10.6. The van der Waals surface area contributed by atoms with Gasteiger partial charge in [0.25, 0.3) is 0 Å². The molecule has 0 aliphatic carbocycles. The summed E-state index contributed by atoms with van der Waals surface area (Å²) in [5.41, 5.74) is 7.99. The number of carbonyl (C=O) groups is 1. The predicted molar refractivity (Wildman–Crippen MR) is 63.3 cm³/mol. The zero-order valence-corrected chi connectivity index (χ0v) is 9.20. The van der Waals surface area contributed by atoms with E-state index in [-0.39, 0.29) is 6.42 Å². The quantitative estimate of drug-likeness (QED) is 0.851. The molecule has 2 aromatic rings. The zero-order valence-electron chi connectivity index (χ0n) is 8.38. The van der Waals surface area contributed by atoms with Crippen molar-refractivity contribution in [2.75, 3.05) is 5.73 Å². The van der Waals surface area contributed by atoms with Crippen LogP contribution < -0.4 is 5.73 Å². The van der Waals surface area contributed by atoms with Crippen LogP contribution in [0.2, 0.25) is 0 Å². The molecule has 5 heteroatoms. The summed E-state index contributed by atoms with van der Waals surface area (Å²) in [5.74, 6) is -0.838. The van der Waals surface area contributed by atoms with Crippen LogP contribution in [0.5, 0.6) is 0 Å². The molecule has 0 bridgehead atoms. The fourth-order valence-corrected chi connectivity index (χ4v) is 2.01. The highest BCUT2D eigenvalue weighted by Crippen LogP contribution is 2.23. The molecule has 3 N–H and O–H groups in total. The molecule has 1 aromatic carbocycles. The maximum Gasteiger partial charge on any atom is 0.307 e. The van der Waals surface area contributed by atoms with Crippen molar-refractivity contribution in [2.24, 2.45) is 0 Å². The molecule has 1 heterocycles. The number of carboxylic acid groups (broad SMARTS) is 1. The van der Waals surface area contributed by atoms with E-state index in [0.717, 1.165) is 16.8 Å².